The van der Waals surface area contributed by atoms with Crippen LogP contribution < -0.4 is 32.3 Å². The second-order valence-corrected chi connectivity index (χ2v) is 10.6. The lowest BCUT2D eigenvalue weighted by Crippen LogP contribution is -2.61. The maximum Gasteiger partial charge on any atom is 0.315 e. The van der Waals surface area contributed by atoms with E-state index < -0.39 is 53.2 Å². The van der Waals surface area contributed by atoms with Crippen LogP contribution in [0.25, 0.3) is 0 Å². The molecule has 2 fully saturated rings. The van der Waals surface area contributed by atoms with Crippen molar-refractivity contribution in [1.82, 2.24) is 31.5 Å². The maximum atomic E-state index is 13.5. The van der Waals surface area contributed by atoms with Crippen molar-refractivity contribution in [2.24, 2.45) is 11.1 Å². The Balaban J connectivity index is 2.08. The van der Waals surface area contributed by atoms with Gasteiger partial charge in [0.05, 0.1) is 6.54 Å². The van der Waals surface area contributed by atoms with Crippen molar-refractivity contribution in [1.29, 1.82) is 0 Å². The molecule has 1 heterocycles. The molecule has 1 saturated heterocycles. The molecule has 202 valence electrons. The molecule has 7 N–H and O–H groups in total. The fourth-order valence-electron chi connectivity index (χ4n) is 3.88. The van der Waals surface area contributed by atoms with E-state index in [1.54, 1.807) is 34.6 Å². The number of hydrogen-bond acceptors (Lipinski definition) is 7. The van der Waals surface area contributed by atoms with Gasteiger partial charge in [0.25, 0.3) is 11.7 Å². The molecule has 36 heavy (non-hydrogen) atoms. The van der Waals surface area contributed by atoms with E-state index in [0.29, 0.717) is 12.8 Å². The summed E-state index contributed by atoms with van der Waals surface area (Å²) in [5, 5.41) is 13.1. The molecule has 2 rings (SSSR count). The summed E-state index contributed by atoms with van der Waals surface area (Å²) in [5.41, 5.74) is 4.41. The van der Waals surface area contributed by atoms with Gasteiger partial charge in [0.1, 0.15) is 18.2 Å². The van der Waals surface area contributed by atoms with E-state index in [1.807, 2.05) is 0 Å². The first kappa shape index (κ1) is 29.0. The minimum atomic E-state index is -1.26. The Bertz CT molecular complexity index is 881. The van der Waals surface area contributed by atoms with Gasteiger partial charge >= 0.3 is 6.03 Å². The first-order valence-corrected chi connectivity index (χ1v) is 12.2. The van der Waals surface area contributed by atoms with E-state index >= 15 is 0 Å². The van der Waals surface area contributed by atoms with E-state index in [-0.39, 0.29) is 31.1 Å². The molecule has 0 spiro atoms. The van der Waals surface area contributed by atoms with Crippen LogP contribution in [0.4, 0.5) is 4.79 Å². The number of nitrogens with one attached hydrogen (secondary N) is 5. The molecule has 13 heteroatoms. The zero-order valence-corrected chi connectivity index (χ0v) is 21.6. The minimum Gasteiger partial charge on any atom is -0.363 e. The second kappa shape index (κ2) is 12.2. The van der Waals surface area contributed by atoms with Crippen LogP contribution in [0, 0.1) is 5.41 Å². The molecule has 0 bridgehead atoms. The van der Waals surface area contributed by atoms with E-state index in [4.69, 9.17) is 5.73 Å². The summed E-state index contributed by atoms with van der Waals surface area (Å²) in [6.07, 6.45) is 1.27. The summed E-state index contributed by atoms with van der Waals surface area (Å²) >= 11 is 0. The SMILES string of the molecule is CC(C)NC(=O)CNC(=O)NC(C(=O)N1CCC[C@H]1C(=O)NC(NC1CC1)C(=O)C(N)=O)C(C)(C)C. The van der Waals surface area contributed by atoms with Gasteiger partial charge in [-0.05, 0) is 44.9 Å². The van der Waals surface area contributed by atoms with Crippen LogP contribution in [0.5, 0.6) is 0 Å². The van der Waals surface area contributed by atoms with E-state index in [1.165, 1.54) is 4.90 Å². The van der Waals surface area contributed by atoms with Crippen LogP contribution in [0.1, 0.15) is 60.3 Å². The molecule has 0 aromatic heterocycles. The number of rotatable bonds is 11. The Morgan fingerprint density at radius 1 is 0.972 bits per heavy atom. The molecule has 1 aliphatic carbocycles. The number of Topliss-reactive ketones (excluding diaryl/α,β-unsaturated/α-hetero) is 1. The number of likely N-dealkylation sites (tertiary alicyclic amines) is 1. The number of amides is 6. The number of carbonyl (C=O) groups is 6. The second-order valence-electron chi connectivity index (χ2n) is 10.6. The molecule has 1 saturated carbocycles. The van der Waals surface area contributed by atoms with E-state index in [0.717, 1.165) is 12.8 Å². The molecule has 3 atom stereocenters. The third kappa shape index (κ3) is 8.47. The van der Waals surface area contributed by atoms with Gasteiger partial charge in [-0.1, -0.05) is 20.8 Å². The fourth-order valence-corrected chi connectivity index (χ4v) is 3.88. The average Bonchev–Trinajstić information content (AvgIpc) is 3.44. The standard InChI is InChI=1S/C23H39N7O6/c1-12(2)26-15(31)11-25-22(36)28-17(23(3,4)5)21(35)30-10-6-7-14(30)20(34)29-19(16(32)18(24)33)27-13-8-9-13/h12-14,17,19,27H,6-11H2,1-5H3,(H2,24,33)(H,26,31)(H,29,34)(H2,25,28,36)/t14-,17?,19?/m0/s1. The maximum absolute atomic E-state index is 13.5. The van der Waals surface area contributed by atoms with Gasteiger partial charge in [-0.2, -0.15) is 0 Å². The molecule has 13 nitrogen and oxygen atoms in total. The van der Waals surface area contributed by atoms with Crippen molar-refractivity contribution in [3.63, 3.8) is 0 Å². The number of urea groups is 1. The van der Waals surface area contributed by atoms with Crippen LogP contribution in [0.15, 0.2) is 0 Å². The Morgan fingerprint density at radius 2 is 1.61 bits per heavy atom. The summed E-state index contributed by atoms with van der Waals surface area (Å²) in [7, 11) is 0. The summed E-state index contributed by atoms with van der Waals surface area (Å²) in [6.45, 7) is 8.93. The number of carbonyl (C=O) groups excluding carboxylic acids is 6. The lowest BCUT2D eigenvalue weighted by atomic mass is 9.85. The number of nitrogens with two attached hydrogens (primary N) is 1. The Hall–Kier alpha value is -3.22. The molecular formula is C23H39N7O6. The molecule has 2 aliphatic rings. The van der Waals surface area contributed by atoms with Crippen molar-refractivity contribution in [3.8, 4) is 0 Å². The van der Waals surface area contributed by atoms with Crippen LogP contribution in [0.2, 0.25) is 0 Å². The summed E-state index contributed by atoms with van der Waals surface area (Å²) in [4.78, 5) is 75.8. The third-order valence-corrected chi connectivity index (χ3v) is 5.86. The minimum absolute atomic E-state index is 0.00974. The molecule has 6 amide bonds. The zero-order valence-electron chi connectivity index (χ0n) is 21.6. The zero-order chi connectivity index (χ0) is 27.2. The van der Waals surface area contributed by atoms with Crippen LogP contribution in [0.3, 0.4) is 0 Å². The number of ketones is 1. The van der Waals surface area contributed by atoms with Gasteiger partial charge in [-0.15, -0.1) is 0 Å². The predicted molar refractivity (Wildman–Crippen MR) is 130 cm³/mol. The first-order chi connectivity index (χ1) is 16.7. The fraction of sp³-hybridized carbons (Fsp3) is 0.739. The van der Waals surface area contributed by atoms with Gasteiger partial charge in [-0.3, -0.25) is 29.3 Å². The monoisotopic (exact) mass is 509 g/mol. The van der Waals surface area contributed by atoms with Crippen LogP contribution in [-0.4, -0.2) is 83.8 Å². The highest BCUT2D eigenvalue weighted by molar-refractivity contribution is 6.37. The quantitative estimate of drug-likeness (QED) is 0.144. The van der Waals surface area contributed by atoms with Crippen LogP contribution in [-0.2, 0) is 24.0 Å². The molecule has 1 aliphatic heterocycles. The number of hydrogen-bond donors (Lipinski definition) is 6. The van der Waals surface area contributed by atoms with Gasteiger partial charge in [0.2, 0.25) is 17.7 Å². The average molecular weight is 510 g/mol. The van der Waals surface area contributed by atoms with Gasteiger partial charge < -0.3 is 31.9 Å². The highest BCUT2D eigenvalue weighted by Crippen LogP contribution is 2.26. The summed E-state index contributed by atoms with van der Waals surface area (Å²) in [6, 6.07) is -2.64. The van der Waals surface area contributed by atoms with Crippen molar-refractivity contribution >= 4 is 35.4 Å². The summed E-state index contributed by atoms with van der Waals surface area (Å²) in [5.74, 6) is -3.54. The molecule has 0 radical (unpaired) electrons. The van der Waals surface area contributed by atoms with E-state index in [9.17, 15) is 28.8 Å². The van der Waals surface area contributed by atoms with E-state index in [2.05, 4.69) is 26.6 Å². The lowest BCUT2D eigenvalue weighted by Gasteiger charge is -2.35. The van der Waals surface area contributed by atoms with Crippen molar-refractivity contribution in [3.05, 3.63) is 0 Å². The molecular weight excluding hydrogens is 470 g/mol. The third-order valence-electron chi connectivity index (χ3n) is 5.86. The van der Waals surface area contributed by atoms with Gasteiger partial charge in [0, 0.05) is 18.6 Å². The number of nitrogens with zero attached hydrogens (tertiary/aromatic N) is 1. The smallest absolute Gasteiger partial charge is 0.315 e. The van der Waals surface area contributed by atoms with Crippen molar-refractivity contribution < 1.29 is 28.8 Å². The first-order valence-electron chi connectivity index (χ1n) is 12.2. The van der Waals surface area contributed by atoms with Crippen molar-refractivity contribution in [2.75, 3.05) is 13.1 Å². The highest BCUT2D eigenvalue weighted by atomic mass is 16.2. The molecule has 0 aromatic carbocycles. The Morgan fingerprint density at radius 3 is 2.14 bits per heavy atom. The Labute approximate surface area is 211 Å². The summed E-state index contributed by atoms with van der Waals surface area (Å²) < 4.78 is 0. The topological polar surface area (TPSA) is 192 Å². The predicted octanol–water partition coefficient (Wildman–Crippen LogP) is -1.54. The molecule has 0 aromatic rings. The largest absolute Gasteiger partial charge is 0.363 e. The Kier molecular flexibility index (Phi) is 9.79. The van der Waals surface area contributed by atoms with Crippen LogP contribution >= 0.6 is 0 Å². The lowest BCUT2D eigenvalue weighted by molar-refractivity contribution is -0.143. The highest BCUT2D eigenvalue weighted by Gasteiger charge is 2.43. The van der Waals surface area contributed by atoms with Gasteiger partial charge in [-0.25, -0.2) is 4.79 Å². The van der Waals surface area contributed by atoms with Crippen molar-refractivity contribution in [2.45, 2.75) is 90.6 Å². The normalized spacial score (nSPS) is 19.3. The number of primary amides is 1. The molecule has 2 unspecified atom stereocenters. The van der Waals surface area contributed by atoms with Gasteiger partial charge in [0.15, 0.2) is 0 Å².